The predicted octanol–water partition coefficient (Wildman–Crippen LogP) is 4.72. The van der Waals surface area contributed by atoms with Gasteiger partial charge in [-0.1, -0.05) is 18.2 Å². The summed E-state index contributed by atoms with van der Waals surface area (Å²) in [5, 5.41) is 7.08. The molecule has 168 valence electrons. The lowest BCUT2D eigenvalue weighted by atomic mass is 9.95. The fourth-order valence-corrected chi connectivity index (χ4v) is 4.67. The highest BCUT2D eigenvalue weighted by Gasteiger charge is 2.42. The lowest BCUT2D eigenvalue weighted by Crippen LogP contribution is -2.33. The topological polar surface area (TPSA) is 61.8 Å². The fraction of sp³-hybridized carbons (Fsp3) is 0.269. The van der Waals surface area contributed by atoms with E-state index in [0.29, 0.717) is 13.2 Å². The van der Waals surface area contributed by atoms with Crippen molar-refractivity contribution in [2.75, 3.05) is 27.4 Å². The Morgan fingerprint density at radius 3 is 2.55 bits per heavy atom. The Labute approximate surface area is 192 Å². The highest BCUT2D eigenvalue weighted by molar-refractivity contribution is 6.02. The summed E-state index contributed by atoms with van der Waals surface area (Å²) < 4.78 is 29.1. The predicted molar refractivity (Wildman–Crippen MR) is 123 cm³/mol. The molecular weight excluding hydrogens is 420 g/mol. The van der Waals surface area contributed by atoms with Crippen molar-refractivity contribution in [3.05, 3.63) is 77.4 Å². The number of hydrogen-bond donors (Lipinski definition) is 0. The molecule has 0 fully saturated rings. The number of rotatable bonds is 4. The van der Waals surface area contributed by atoms with Crippen LogP contribution < -0.4 is 23.7 Å². The van der Waals surface area contributed by atoms with Crippen LogP contribution in [0.15, 0.2) is 65.8 Å². The maximum absolute atomic E-state index is 6.49. The number of methoxy groups -OCH3 is 2. The summed E-state index contributed by atoms with van der Waals surface area (Å²) in [6.07, 6.45) is 0.299. The zero-order valence-corrected chi connectivity index (χ0v) is 18.5. The van der Waals surface area contributed by atoms with Crippen molar-refractivity contribution in [3.63, 3.8) is 0 Å². The van der Waals surface area contributed by atoms with Crippen LogP contribution in [0.1, 0.15) is 35.4 Å². The molecule has 7 nitrogen and oxygen atoms in total. The van der Waals surface area contributed by atoms with E-state index in [1.54, 1.807) is 14.2 Å². The Bertz CT molecular complexity index is 1240. The van der Waals surface area contributed by atoms with Gasteiger partial charge in [-0.25, -0.2) is 5.01 Å². The lowest BCUT2D eigenvalue weighted by Gasteiger charge is -2.38. The first-order valence-electron chi connectivity index (χ1n) is 11.0. The number of hydrazone groups is 1. The first-order chi connectivity index (χ1) is 16.2. The molecule has 3 aromatic rings. The second-order valence-electron chi connectivity index (χ2n) is 8.12. The molecule has 3 heterocycles. The number of nitrogens with zero attached hydrogens (tertiary/aromatic N) is 2. The Balaban J connectivity index is 1.44. The van der Waals surface area contributed by atoms with Gasteiger partial charge in [0.05, 0.1) is 31.5 Å². The van der Waals surface area contributed by atoms with E-state index in [-0.39, 0.29) is 6.04 Å². The van der Waals surface area contributed by atoms with Crippen LogP contribution >= 0.6 is 0 Å². The molecule has 0 bridgehead atoms. The molecule has 0 unspecified atom stereocenters. The smallest absolute Gasteiger partial charge is 0.217 e. The lowest BCUT2D eigenvalue weighted by molar-refractivity contribution is -0.0204. The van der Waals surface area contributed by atoms with Gasteiger partial charge >= 0.3 is 0 Å². The number of benzene rings is 3. The first kappa shape index (κ1) is 19.8. The quantitative estimate of drug-likeness (QED) is 0.581. The largest absolute Gasteiger partial charge is 0.497 e. The average Bonchev–Trinajstić information content (AvgIpc) is 3.33. The van der Waals surface area contributed by atoms with Gasteiger partial charge in [-0.2, -0.15) is 5.10 Å². The molecule has 0 amide bonds. The van der Waals surface area contributed by atoms with E-state index in [0.717, 1.165) is 57.6 Å². The average molecular weight is 444 g/mol. The van der Waals surface area contributed by atoms with Gasteiger partial charge in [0.2, 0.25) is 6.23 Å². The number of para-hydroxylation sites is 1. The number of fused-ring (bicyclic) bond motifs is 4. The van der Waals surface area contributed by atoms with Crippen LogP contribution in [0.4, 0.5) is 0 Å². The minimum atomic E-state index is -0.454. The molecule has 33 heavy (non-hydrogen) atoms. The van der Waals surface area contributed by atoms with Gasteiger partial charge in [-0.05, 0) is 42.5 Å². The third-order valence-corrected chi connectivity index (χ3v) is 6.28. The minimum Gasteiger partial charge on any atom is -0.497 e. The van der Waals surface area contributed by atoms with Crippen molar-refractivity contribution in [1.29, 1.82) is 0 Å². The van der Waals surface area contributed by atoms with Crippen LogP contribution in [0, 0.1) is 0 Å². The third kappa shape index (κ3) is 3.31. The normalized spacial score (nSPS) is 20.3. The Kier molecular flexibility index (Phi) is 4.75. The van der Waals surface area contributed by atoms with Gasteiger partial charge in [0.1, 0.15) is 30.5 Å². The minimum absolute atomic E-state index is 0.0408. The van der Waals surface area contributed by atoms with Gasteiger partial charge in [0, 0.05) is 17.5 Å². The van der Waals surface area contributed by atoms with Crippen molar-refractivity contribution >= 4 is 5.71 Å². The number of ether oxygens (including phenoxy) is 5. The highest BCUT2D eigenvalue weighted by atomic mass is 16.6. The van der Waals surface area contributed by atoms with E-state index in [9.17, 15) is 0 Å². The van der Waals surface area contributed by atoms with E-state index in [2.05, 4.69) is 6.07 Å². The van der Waals surface area contributed by atoms with Crippen LogP contribution in [-0.4, -0.2) is 38.2 Å². The molecule has 3 aromatic carbocycles. The van der Waals surface area contributed by atoms with Crippen LogP contribution in [0.2, 0.25) is 0 Å². The van der Waals surface area contributed by atoms with Crippen LogP contribution in [0.5, 0.6) is 28.7 Å². The summed E-state index contributed by atoms with van der Waals surface area (Å²) in [7, 11) is 3.31. The van der Waals surface area contributed by atoms with Crippen LogP contribution in [-0.2, 0) is 0 Å². The van der Waals surface area contributed by atoms with Gasteiger partial charge in [0.15, 0.2) is 11.5 Å². The van der Waals surface area contributed by atoms with E-state index in [4.69, 9.17) is 28.8 Å². The molecule has 0 aliphatic carbocycles. The third-order valence-electron chi connectivity index (χ3n) is 6.28. The maximum atomic E-state index is 6.49. The summed E-state index contributed by atoms with van der Waals surface area (Å²) in [6.45, 7) is 1.12. The van der Waals surface area contributed by atoms with E-state index in [1.165, 1.54) is 0 Å². The molecule has 3 aliphatic heterocycles. The van der Waals surface area contributed by atoms with E-state index >= 15 is 0 Å². The standard InChI is InChI=1S/C26H24N2O5/c1-29-17-8-10-22(30-2)19(14-17)26-28-21(18-5-3-4-6-23(18)33-26)15-20(27-28)16-7-9-24-25(13-16)32-12-11-31-24/h3-10,13-14,21,26H,11-12,15H2,1-2H3/t21-,26+/m0/s1. The van der Waals surface area contributed by atoms with Crippen molar-refractivity contribution in [3.8, 4) is 28.7 Å². The SMILES string of the molecule is COc1ccc(OC)c([C@H]2Oc3ccccc3[C@@H]3CC(c4ccc5c(c4)OCCO5)=NN23)c1. The van der Waals surface area contributed by atoms with Gasteiger partial charge in [0.25, 0.3) is 0 Å². The molecule has 0 saturated heterocycles. The van der Waals surface area contributed by atoms with Crippen molar-refractivity contribution in [2.45, 2.75) is 18.7 Å². The van der Waals surface area contributed by atoms with Crippen LogP contribution in [0.3, 0.4) is 0 Å². The van der Waals surface area contributed by atoms with E-state index < -0.39 is 6.23 Å². The summed E-state index contributed by atoms with van der Waals surface area (Å²) in [5.74, 6) is 3.84. The second-order valence-corrected chi connectivity index (χ2v) is 8.12. The maximum Gasteiger partial charge on any atom is 0.217 e. The second kappa shape index (κ2) is 7.92. The summed E-state index contributed by atoms with van der Waals surface area (Å²) in [5.41, 5.74) is 3.97. The van der Waals surface area contributed by atoms with E-state index in [1.807, 2.05) is 59.6 Å². The van der Waals surface area contributed by atoms with Gasteiger partial charge in [-0.15, -0.1) is 0 Å². The fourth-order valence-electron chi connectivity index (χ4n) is 4.67. The monoisotopic (exact) mass is 444 g/mol. The van der Waals surface area contributed by atoms with Crippen molar-refractivity contribution in [1.82, 2.24) is 5.01 Å². The zero-order chi connectivity index (χ0) is 22.4. The molecule has 0 N–H and O–H groups in total. The summed E-state index contributed by atoms with van der Waals surface area (Å²) in [6, 6.07) is 19.9. The molecule has 6 rings (SSSR count). The van der Waals surface area contributed by atoms with Crippen molar-refractivity contribution in [2.24, 2.45) is 5.10 Å². The van der Waals surface area contributed by atoms with Gasteiger partial charge < -0.3 is 23.7 Å². The zero-order valence-electron chi connectivity index (χ0n) is 18.5. The Morgan fingerprint density at radius 1 is 0.848 bits per heavy atom. The Hall–Kier alpha value is -3.87. The summed E-state index contributed by atoms with van der Waals surface area (Å²) in [4.78, 5) is 0. The van der Waals surface area contributed by atoms with Crippen LogP contribution in [0.25, 0.3) is 0 Å². The van der Waals surface area contributed by atoms with Gasteiger partial charge in [-0.3, -0.25) is 0 Å². The molecule has 7 heteroatoms. The Morgan fingerprint density at radius 2 is 1.70 bits per heavy atom. The molecule has 3 aliphatic rings. The number of hydrogen-bond acceptors (Lipinski definition) is 7. The molecule has 0 spiro atoms. The molecule has 0 saturated carbocycles. The first-order valence-corrected chi connectivity index (χ1v) is 11.0. The highest BCUT2D eigenvalue weighted by Crippen LogP contribution is 2.49. The molecule has 0 radical (unpaired) electrons. The molecule has 2 atom stereocenters. The van der Waals surface area contributed by atoms with Crippen molar-refractivity contribution < 1.29 is 23.7 Å². The molecular formula is C26H24N2O5. The summed E-state index contributed by atoms with van der Waals surface area (Å²) >= 11 is 0. The molecule has 0 aromatic heterocycles.